The molecular weight excluding hydrogens is 222 g/mol. The van der Waals surface area contributed by atoms with Gasteiger partial charge in [0.2, 0.25) is 5.91 Å². The van der Waals surface area contributed by atoms with Crippen molar-refractivity contribution in [2.45, 2.75) is 52.7 Å². The Hall–Kier alpha value is -1.10. The number of aliphatic carboxylic acids is 1. The van der Waals surface area contributed by atoms with E-state index in [1.54, 1.807) is 0 Å². The first-order chi connectivity index (χ1) is 7.82. The molecule has 0 aromatic rings. The number of hydrogen-bond donors (Lipinski definition) is 2. The van der Waals surface area contributed by atoms with E-state index >= 15 is 0 Å². The number of hydrogen-bond acceptors (Lipinski definition) is 3. The third-order valence-electron chi connectivity index (χ3n) is 2.40. The molecule has 2 unspecified atom stereocenters. The first-order valence-electron chi connectivity index (χ1n) is 5.96. The van der Waals surface area contributed by atoms with Crippen molar-refractivity contribution >= 4 is 11.9 Å². The summed E-state index contributed by atoms with van der Waals surface area (Å²) in [6.07, 6.45) is 1.01. The number of rotatable bonds is 8. The largest absolute Gasteiger partial charge is 0.479 e. The maximum Gasteiger partial charge on any atom is 0.332 e. The zero-order valence-electron chi connectivity index (χ0n) is 11.0. The lowest BCUT2D eigenvalue weighted by atomic mass is 10.0. The van der Waals surface area contributed by atoms with Crippen molar-refractivity contribution in [1.82, 2.24) is 5.32 Å². The lowest BCUT2D eigenvalue weighted by Gasteiger charge is -2.15. The second-order valence-electron chi connectivity index (χ2n) is 4.73. The van der Waals surface area contributed by atoms with Crippen LogP contribution in [0.25, 0.3) is 0 Å². The zero-order valence-corrected chi connectivity index (χ0v) is 11.0. The first kappa shape index (κ1) is 15.9. The van der Waals surface area contributed by atoms with Crippen LogP contribution in [0.1, 0.15) is 40.5 Å². The van der Waals surface area contributed by atoms with Gasteiger partial charge < -0.3 is 15.2 Å². The molecule has 2 atom stereocenters. The van der Waals surface area contributed by atoms with E-state index in [0.717, 1.165) is 12.8 Å². The highest BCUT2D eigenvalue weighted by atomic mass is 16.5. The Balaban J connectivity index is 3.74. The van der Waals surface area contributed by atoms with Crippen LogP contribution in [0.3, 0.4) is 0 Å². The van der Waals surface area contributed by atoms with Crippen LogP contribution in [-0.2, 0) is 14.3 Å². The Kier molecular flexibility index (Phi) is 7.54. The topological polar surface area (TPSA) is 75.6 Å². The number of amides is 1. The van der Waals surface area contributed by atoms with Gasteiger partial charge in [-0.3, -0.25) is 4.79 Å². The Morgan fingerprint density at radius 2 is 1.76 bits per heavy atom. The molecule has 0 fully saturated rings. The van der Waals surface area contributed by atoms with E-state index in [2.05, 4.69) is 19.2 Å². The highest BCUT2D eigenvalue weighted by Gasteiger charge is 2.14. The van der Waals surface area contributed by atoms with Gasteiger partial charge in [-0.1, -0.05) is 13.8 Å². The maximum absolute atomic E-state index is 11.4. The van der Waals surface area contributed by atoms with Gasteiger partial charge in [-0.05, 0) is 32.6 Å². The smallest absolute Gasteiger partial charge is 0.332 e. The van der Waals surface area contributed by atoms with Crippen molar-refractivity contribution in [2.75, 3.05) is 6.61 Å². The van der Waals surface area contributed by atoms with E-state index in [4.69, 9.17) is 9.84 Å². The van der Waals surface area contributed by atoms with Crippen LogP contribution >= 0.6 is 0 Å². The highest BCUT2D eigenvalue weighted by Crippen LogP contribution is 2.06. The summed E-state index contributed by atoms with van der Waals surface area (Å²) in [5.74, 6) is -0.724. The van der Waals surface area contributed by atoms with E-state index < -0.39 is 12.1 Å². The normalized spacial score (nSPS) is 14.4. The molecule has 5 heteroatoms. The summed E-state index contributed by atoms with van der Waals surface area (Å²) in [5.41, 5.74) is 0. The molecule has 0 bridgehead atoms. The number of nitrogens with one attached hydrogen (secondary N) is 1. The monoisotopic (exact) mass is 245 g/mol. The molecule has 17 heavy (non-hydrogen) atoms. The van der Waals surface area contributed by atoms with Crippen LogP contribution in [0.5, 0.6) is 0 Å². The maximum atomic E-state index is 11.4. The van der Waals surface area contributed by atoms with Crippen LogP contribution < -0.4 is 5.32 Å². The summed E-state index contributed by atoms with van der Waals surface area (Å²) < 4.78 is 4.88. The molecule has 100 valence electrons. The van der Waals surface area contributed by atoms with Gasteiger partial charge in [-0.25, -0.2) is 4.79 Å². The second-order valence-corrected chi connectivity index (χ2v) is 4.73. The molecule has 0 heterocycles. The first-order valence-corrected chi connectivity index (χ1v) is 5.96. The molecule has 5 nitrogen and oxygen atoms in total. The molecule has 0 aliphatic heterocycles. The van der Waals surface area contributed by atoms with E-state index in [-0.39, 0.29) is 18.6 Å². The summed E-state index contributed by atoms with van der Waals surface area (Å²) in [7, 11) is 0. The van der Waals surface area contributed by atoms with Gasteiger partial charge in [0, 0.05) is 6.04 Å². The standard InChI is InChI=1S/C12H23NO4/c1-8(2)5-6-9(3)13-11(14)7-17-10(4)12(15)16/h8-10H,5-7H2,1-4H3,(H,13,14)(H,15,16). The fraction of sp³-hybridized carbons (Fsp3) is 0.833. The summed E-state index contributed by atoms with van der Waals surface area (Å²) in [6, 6.07) is 0.0913. The van der Waals surface area contributed by atoms with Crippen molar-refractivity contribution in [1.29, 1.82) is 0 Å². The molecule has 0 aromatic heterocycles. The van der Waals surface area contributed by atoms with Crippen molar-refractivity contribution in [3.8, 4) is 0 Å². The zero-order chi connectivity index (χ0) is 13.4. The average molecular weight is 245 g/mol. The lowest BCUT2D eigenvalue weighted by Crippen LogP contribution is -2.37. The van der Waals surface area contributed by atoms with Crippen molar-refractivity contribution in [3.63, 3.8) is 0 Å². The van der Waals surface area contributed by atoms with E-state index in [0.29, 0.717) is 5.92 Å². The number of carboxylic acids is 1. The number of ether oxygens (including phenoxy) is 1. The van der Waals surface area contributed by atoms with Gasteiger partial charge in [0.25, 0.3) is 0 Å². The Morgan fingerprint density at radius 1 is 1.18 bits per heavy atom. The number of carbonyl (C=O) groups is 2. The van der Waals surface area contributed by atoms with Crippen LogP contribution in [0, 0.1) is 5.92 Å². The molecule has 0 spiro atoms. The highest BCUT2D eigenvalue weighted by molar-refractivity contribution is 5.78. The number of carboxylic acid groups (broad SMARTS) is 1. The molecule has 1 amide bonds. The Labute approximate surface area is 103 Å². The van der Waals surface area contributed by atoms with Crippen LogP contribution in [0.4, 0.5) is 0 Å². The van der Waals surface area contributed by atoms with Crippen LogP contribution in [-0.4, -0.2) is 35.7 Å². The summed E-state index contributed by atoms with van der Waals surface area (Å²) >= 11 is 0. The lowest BCUT2D eigenvalue weighted by molar-refractivity contribution is -0.150. The summed E-state index contributed by atoms with van der Waals surface area (Å²) in [4.78, 5) is 21.9. The minimum absolute atomic E-state index is 0.0913. The van der Waals surface area contributed by atoms with Gasteiger partial charge in [-0.15, -0.1) is 0 Å². The molecule has 0 aliphatic rings. The second kappa shape index (κ2) is 8.06. The molecule has 0 saturated heterocycles. The van der Waals surface area contributed by atoms with Crippen molar-refractivity contribution in [2.24, 2.45) is 5.92 Å². The Bertz CT molecular complexity index is 253. The third kappa shape index (κ3) is 8.68. The van der Waals surface area contributed by atoms with Gasteiger partial charge in [0.1, 0.15) is 6.61 Å². The SMILES string of the molecule is CC(C)CCC(C)NC(=O)COC(C)C(=O)O. The fourth-order valence-corrected chi connectivity index (χ4v) is 1.24. The van der Waals surface area contributed by atoms with E-state index in [1.807, 2.05) is 6.92 Å². The van der Waals surface area contributed by atoms with Crippen molar-refractivity contribution in [3.05, 3.63) is 0 Å². The van der Waals surface area contributed by atoms with Crippen molar-refractivity contribution < 1.29 is 19.4 Å². The van der Waals surface area contributed by atoms with Crippen LogP contribution in [0.15, 0.2) is 0 Å². The predicted octanol–water partition coefficient (Wildman–Crippen LogP) is 1.42. The molecule has 2 N–H and O–H groups in total. The Morgan fingerprint density at radius 3 is 2.24 bits per heavy atom. The molecular formula is C12H23NO4. The minimum Gasteiger partial charge on any atom is -0.479 e. The molecule has 0 radical (unpaired) electrons. The minimum atomic E-state index is -1.06. The average Bonchev–Trinajstić information content (AvgIpc) is 2.22. The predicted molar refractivity (Wildman–Crippen MR) is 64.7 cm³/mol. The summed E-state index contributed by atoms with van der Waals surface area (Å²) in [6.45, 7) is 7.39. The van der Waals surface area contributed by atoms with E-state index in [9.17, 15) is 9.59 Å². The molecule has 0 rings (SSSR count). The third-order valence-corrected chi connectivity index (χ3v) is 2.40. The van der Waals surface area contributed by atoms with Gasteiger partial charge in [-0.2, -0.15) is 0 Å². The molecule has 0 saturated carbocycles. The summed E-state index contributed by atoms with van der Waals surface area (Å²) in [5, 5.41) is 11.3. The van der Waals surface area contributed by atoms with Gasteiger partial charge in [0.05, 0.1) is 0 Å². The fourth-order valence-electron chi connectivity index (χ4n) is 1.24. The quantitative estimate of drug-likeness (QED) is 0.678. The molecule has 0 aromatic carbocycles. The number of carbonyl (C=O) groups excluding carboxylic acids is 1. The van der Waals surface area contributed by atoms with E-state index in [1.165, 1.54) is 6.92 Å². The van der Waals surface area contributed by atoms with Gasteiger partial charge >= 0.3 is 5.97 Å². The van der Waals surface area contributed by atoms with Gasteiger partial charge in [0.15, 0.2) is 6.10 Å². The molecule has 0 aliphatic carbocycles. The van der Waals surface area contributed by atoms with Crippen LogP contribution in [0.2, 0.25) is 0 Å².